The van der Waals surface area contributed by atoms with E-state index in [1.165, 1.54) is 4.31 Å². The fraction of sp³-hybridized carbons (Fsp3) is 0.833. The summed E-state index contributed by atoms with van der Waals surface area (Å²) < 4.78 is 22.5. The van der Waals surface area contributed by atoms with Gasteiger partial charge in [0.1, 0.15) is 0 Å². The van der Waals surface area contributed by atoms with Crippen molar-refractivity contribution in [2.24, 2.45) is 0 Å². The molecule has 0 aromatic carbocycles. The third-order valence-corrected chi connectivity index (χ3v) is 2.73. The van der Waals surface area contributed by atoms with E-state index in [0.29, 0.717) is 19.4 Å². The van der Waals surface area contributed by atoms with Crippen molar-refractivity contribution in [3.8, 4) is 0 Å². The van der Waals surface area contributed by atoms with Crippen LogP contribution in [-0.4, -0.2) is 32.2 Å². The number of carbonyl (C=O) groups excluding carboxylic acids is 1. The SMILES string of the molecule is O=CNC1CCCCN1S(=O)[O-]. The largest absolute Gasteiger partial charge is 0.760 e. The van der Waals surface area contributed by atoms with Crippen molar-refractivity contribution in [1.29, 1.82) is 0 Å². The van der Waals surface area contributed by atoms with Crippen LogP contribution in [0.5, 0.6) is 0 Å². The highest BCUT2D eigenvalue weighted by molar-refractivity contribution is 7.76. The molecule has 1 N–H and O–H groups in total. The zero-order valence-corrected chi connectivity index (χ0v) is 7.38. The number of nitrogens with one attached hydrogen (secondary N) is 1. The van der Waals surface area contributed by atoms with Crippen molar-refractivity contribution >= 4 is 17.7 Å². The lowest BCUT2D eigenvalue weighted by Crippen LogP contribution is -2.48. The van der Waals surface area contributed by atoms with Crippen LogP contribution in [0.4, 0.5) is 0 Å². The molecule has 1 saturated heterocycles. The Morgan fingerprint density at radius 1 is 1.58 bits per heavy atom. The topological polar surface area (TPSA) is 72.5 Å². The van der Waals surface area contributed by atoms with Crippen molar-refractivity contribution in [2.75, 3.05) is 6.54 Å². The number of nitrogens with zero attached hydrogens (tertiary/aromatic N) is 1. The van der Waals surface area contributed by atoms with Crippen LogP contribution in [0.15, 0.2) is 0 Å². The molecule has 5 nitrogen and oxygen atoms in total. The first kappa shape index (κ1) is 9.63. The summed E-state index contributed by atoms with van der Waals surface area (Å²) in [7, 11) is 0. The molecule has 0 aromatic heterocycles. The van der Waals surface area contributed by atoms with E-state index in [1.807, 2.05) is 0 Å². The molecule has 1 heterocycles. The zero-order valence-electron chi connectivity index (χ0n) is 6.56. The second-order valence-electron chi connectivity index (χ2n) is 2.65. The van der Waals surface area contributed by atoms with Gasteiger partial charge in [0.2, 0.25) is 6.41 Å². The smallest absolute Gasteiger partial charge is 0.208 e. The minimum absolute atomic E-state index is 0.338. The Kier molecular flexibility index (Phi) is 3.64. The number of hydrogen-bond donors (Lipinski definition) is 1. The predicted octanol–water partition coefficient (Wildman–Crippen LogP) is -0.662. The number of piperidine rings is 1. The fourth-order valence-electron chi connectivity index (χ4n) is 1.33. The van der Waals surface area contributed by atoms with Crippen molar-refractivity contribution in [1.82, 2.24) is 9.62 Å². The lowest BCUT2D eigenvalue weighted by Gasteiger charge is -2.35. The summed E-state index contributed by atoms with van der Waals surface area (Å²) in [4.78, 5) is 10.1. The summed E-state index contributed by atoms with van der Waals surface area (Å²) in [6.07, 6.45) is 2.72. The summed E-state index contributed by atoms with van der Waals surface area (Å²) in [5.41, 5.74) is 0. The highest BCUT2D eigenvalue weighted by atomic mass is 32.2. The van der Waals surface area contributed by atoms with E-state index >= 15 is 0 Å². The summed E-state index contributed by atoms with van der Waals surface area (Å²) >= 11 is -2.22. The minimum atomic E-state index is -2.22. The van der Waals surface area contributed by atoms with Crippen LogP contribution in [0.3, 0.4) is 0 Å². The van der Waals surface area contributed by atoms with Crippen molar-refractivity contribution < 1.29 is 13.6 Å². The van der Waals surface area contributed by atoms with Gasteiger partial charge in [0.05, 0.1) is 6.17 Å². The van der Waals surface area contributed by atoms with E-state index < -0.39 is 11.3 Å². The Labute approximate surface area is 73.5 Å². The van der Waals surface area contributed by atoms with Crippen LogP contribution in [0.2, 0.25) is 0 Å². The third-order valence-electron chi connectivity index (χ3n) is 1.91. The Morgan fingerprint density at radius 3 is 2.92 bits per heavy atom. The van der Waals surface area contributed by atoms with E-state index in [9.17, 15) is 13.6 Å². The average molecular weight is 191 g/mol. The molecule has 0 radical (unpaired) electrons. The van der Waals surface area contributed by atoms with Gasteiger partial charge in [-0.05, 0) is 19.3 Å². The average Bonchev–Trinajstić information content (AvgIpc) is 2.05. The highest BCUT2D eigenvalue weighted by Crippen LogP contribution is 2.15. The predicted molar refractivity (Wildman–Crippen MR) is 42.5 cm³/mol. The second kappa shape index (κ2) is 4.54. The lowest BCUT2D eigenvalue weighted by molar-refractivity contribution is -0.111. The molecule has 1 amide bonds. The van der Waals surface area contributed by atoms with Crippen molar-refractivity contribution in [3.05, 3.63) is 0 Å². The minimum Gasteiger partial charge on any atom is -0.760 e. The standard InChI is InChI=1S/C6H12N2O3S/c9-5-7-6-3-1-2-4-8(6)12(10)11/h5-6H,1-4H2,(H,7,9)(H,10,11)/p-1. The molecule has 70 valence electrons. The molecular weight excluding hydrogens is 180 g/mol. The van der Waals surface area contributed by atoms with Gasteiger partial charge in [-0.3, -0.25) is 9.00 Å². The molecule has 0 aromatic rings. The third kappa shape index (κ3) is 2.26. The van der Waals surface area contributed by atoms with Crippen LogP contribution in [0.25, 0.3) is 0 Å². The zero-order chi connectivity index (χ0) is 8.97. The quantitative estimate of drug-likeness (QED) is 0.475. The van der Waals surface area contributed by atoms with Crippen LogP contribution >= 0.6 is 0 Å². The Morgan fingerprint density at radius 2 is 2.33 bits per heavy atom. The summed E-state index contributed by atoms with van der Waals surface area (Å²) in [6.45, 7) is 0.502. The Balaban J connectivity index is 2.53. The van der Waals surface area contributed by atoms with Gasteiger partial charge >= 0.3 is 0 Å². The number of hydrogen-bond acceptors (Lipinski definition) is 3. The van der Waals surface area contributed by atoms with E-state index in [1.54, 1.807) is 0 Å². The maximum atomic E-state index is 10.6. The van der Waals surface area contributed by atoms with Crippen LogP contribution in [0.1, 0.15) is 19.3 Å². The van der Waals surface area contributed by atoms with Gasteiger partial charge in [0, 0.05) is 17.8 Å². The molecule has 6 heteroatoms. The van der Waals surface area contributed by atoms with E-state index in [4.69, 9.17) is 0 Å². The first-order valence-electron chi connectivity index (χ1n) is 3.81. The molecule has 1 rings (SSSR count). The fourth-order valence-corrected chi connectivity index (χ4v) is 1.98. The van der Waals surface area contributed by atoms with Gasteiger partial charge in [-0.2, -0.15) is 0 Å². The van der Waals surface area contributed by atoms with Crippen molar-refractivity contribution in [3.63, 3.8) is 0 Å². The van der Waals surface area contributed by atoms with Crippen LogP contribution < -0.4 is 5.32 Å². The van der Waals surface area contributed by atoms with Crippen LogP contribution in [-0.2, 0) is 16.1 Å². The number of carbonyl (C=O) groups is 1. The maximum Gasteiger partial charge on any atom is 0.208 e. The summed E-state index contributed by atoms with van der Waals surface area (Å²) in [6, 6.07) is 0. The van der Waals surface area contributed by atoms with E-state index in [0.717, 1.165) is 12.8 Å². The second-order valence-corrected chi connectivity index (χ2v) is 3.56. The molecule has 0 saturated carbocycles. The van der Waals surface area contributed by atoms with Gasteiger partial charge in [0.15, 0.2) is 0 Å². The molecule has 1 aliphatic rings. The molecule has 2 unspecified atom stereocenters. The molecule has 1 aliphatic heterocycles. The Hall–Kier alpha value is -0.460. The van der Waals surface area contributed by atoms with Gasteiger partial charge in [-0.25, -0.2) is 4.31 Å². The van der Waals surface area contributed by atoms with E-state index in [2.05, 4.69) is 5.32 Å². The van der Waals surface area contributed by atoms with E-state index in [-0.39, 0.29) is 6.17 Å². The van der Waals surface area contributed by atoms with Gasteiger partial charge in [0.25, 0.3) is 0 Å². The molecule has 0 aliphatic carbocycles. The van der Waals surface area contributed by atoms with Crippen molar-refractivity contribution in [2.45, 2.75) is 25.4 Å². The first-order chi connectivity index (χ1) is 5.75. The first-order valence-corrected chi connectivity index (χ1v) is 4.84. The van der Waals surface area contributed by atoms with Gasteiger partial charge < -0.3 is 9.87 Å². The summed E-state index contributed by atoms with van der Waals surface area (Å²) in [5, 5.41) is 2.47. The summed E-state index contributed by atoms with van der Waals surface area (Å²) in [5.74, 6) is 0. The van der Waals surface area contributed by atoms with Crippen LogP contribution in [0, 0.1) is 0 Å². The van der Waals surface area contributed by atoms with Gasteiger partial charge in [-0.1, -0.05) is 0 Å². The molecule has 2 atom stereocenters. The molecule has 12 heavy (non-hydrogen) atoms. The normalized spacial score (nSPS) is 27.9. The molecule has 0 bridgehead atoms. The molecular formula is C6H11N2O3S-. The molecule has 1 fully saturated rings. The number of amides is 1. The highest BCUT2D eigenvalue weighted by Gasteiger charge is 2.21. The lowest BCUT2D eigenvalue weighted by atomic mass is 10.1. The molecule has 0 spiro atoms. The maximum absolute atomic E-state index is 10.6. The monoisotopic (exact) mass is 191 g/mol. The van der Waals surface area contributed by atoms with Gasteiger partial charge in [-0.15, -0.1) is 0 Å². The number of rotatable bonds is 3. The Bertz CT molecular complexity index is 188.